The molecule has 0 spiro atoms. The lowest BCUT2D eigenvalue weighted by Crippen LogP contribution is -2.26. The number of halogens is 2. The predicted molar refractivity (Wildman–Crippen MR) is 77.0 cm³/mol. The van der Waals surface area contributed by atoms with E-state index in [1.165, 1.54) is 6.07 Å². The fourth-order valence-corrected chi connectivity index (χ4v) is 2.72. The van der Waals surface area contributed by atoms with E-state index in [0.29, 0.717) is 13.0 Å². The molecule has 0 unspecified atom stereocenters. The third-order valence-corrected chi connectivity index (χ3v) is 4.13. The Hall–Kier alpha value is -1.27. The van der Waals surface area contributed by atoms with Crippen molar-refractivity contribution in [2.45, 2.75) is 13.3 Å². The van der Waals surface area contributed by atoms with Gasteiger partial charge in [-0.3, -0.25) is 4.79 Å². The number of rotatable bonds is 4. The molecule has 0 aliphatic heterocycles. The predicted octanol–water partition coefficient (Wildman–Crippen LogP) is 3.33. The zero-order valence-electron chi connectivity index (χ0n) is 10.2. The monoisotopic (exact) mass is 342 g/mol. The first kappa shape index (κ1) is 14.1. The Morgan fingerprint density at radius 3 is 3.00 bits per heavy atom. The van der Waals surface area contributed by atoms with Crippen molar-refractivity contribution in [3.63, 3.8) is 0 Å². The molecule has 3 nitrogen and oxygen atoms in total. The van der Waals surface area contributed by atoms with Crippen LogP contribution in [0.4, 0.5) is 4.39 Å². The van der Waals surface area contributed by atoms with Crippen LogP contribution in [0.25, 0.3) is 0 Å². The maximum absolute atomic E-state index is 13.7. The standard InChI is InChI=1S/C13H12BrFN2OS/c1-8-7-19-11(17-8)5-6-16-13(18)9-3-2-4-10(14)12(9)15/h2-4,7H,5-6H2,1H3,(H,16,18). The highest BCUT2D eigenvalue weighted by Crippen LogP contribution is 2.18. The molecule has 0 aliphatic rings. The minimum absolute atomic E-state index is 0.0460. The van der Waals surface area contributed by atoms with Gasteiger partial charge < -0.3 is 5.32 Å². The van der Waals surface area contributed by atoms with Crippen LogP contribution < -0.4 is 5.32 Å². The summed E-state index contributed by atoms with van der Waals surface area (Å²) in [4.78, 5) is 16.1. The summed E-state index contributed by atoms with van der Waals surface area (Å²) in [5, 5.41) is 5.62. The number of nitrogens with one attached hydrogen (secondary N) is 1. The van der Waals surface area contributed by atoms with Gasteiger partial charge in [0.1, 0.15) is 5.82 Å². The second kappa shape index (κ2) is 6.25. The summed E-state index contributed by atoms with van der Waals surface area (Å²) < 4.78 is 14.0. The summed E-state index contributed by atoms with van der Waals surface area (Å²) >= 11 is 4.62. The Bertz CT molecular complexity index is 600. The lowest BCUT2D eigenvalue weighted by Gasteiger charge is -2.06. The number of hydrogen-bond donors (Lipinski definition) is 1. The zero-order chi connectivity index (χ0) is 13.8. The van der Waals surface area contributed by atoms with Crippen LogP contribution in [0.5, 0.6) is 0 Å². The first-order valence-corrected chi connectivity index (χ1v) is 7.38. The van der Waals surface area contributed by atoms with Crippen molar-refractivity contribution in [2.75, 3.05) is 6.54 Å². The molecule has 1 N–H and O–H groups in total. The number of aromatic nitrogens is 1. The van der Waals surface area contributed by atoms with Crippen molar-refractivity contribution in [2.24, 2.45) is 0 Å². The van der Waals surface area contributed by atoms with Gasteiger partial charge >= 0.3 is 0 Å². The van der Waals surface area contributed by atoms with Crippen LogP contribution in [-0.2, 0) is 6.42 Å². The average Bonchev–Trinajstić information content (AvgIpc) is 2.78. The van der Waals surface area contributed by atoms with E-state index >= 15 is 0 Å². The lowest BCUT2D eigenvalue weighted by atomic mass is 10.2. The molecule has 0 aliphatic carbocycles. The van der Waals surface area contributed by atoms with Gasteiger partial charge in [0.05, 0.1) is 15.0 Å². The van der Waals surface area contributed by atoms with Crippen molar-refractivity contribution >= 4 is 33.2 Å². The number of benzene rings is 1. The van der Waals surface area contributed by atoms with Crippen molar-refractivity contribution < 1.29 is 9.18 Å². The molecule has 1 amide bonds. The second-order valence-electron chi connectivity index (χ2n) is 3.99. The highest BCUT2D eigenvalue weighted by Gasteiger charge is 2.13. The van der Waals surface area contributed by atoms with Gasteiger partial charge in [0.15, 0.2) is 0 Å². The topological polar surface area (TPSA) is 42.0 Å². The van der Waals surface area contributed by atoms with E-state index in [1.54, 1.807) is 23.5 Å². The molecule has 0 bridgehead atoms. The quantitative estimate of drug-likeness (QED) is 0.925. The molecule has 100 valence electrons. The Kier molecular flexibility index (Phi) is 4.66. The minimum atomic E-state index is -0.537. The number of amides is 1. The van der Waals surface area contributed by atoms with Crippen LogP contribution >= 0.6 is 27.3 Å². The van der Waals surface area contributed by atoms with Gasteiger partial charge in [-0.15, -0.1) is 11.3 Å². The molecule has 0 atom stereocenters. The maximum atomic E-state index is 13.7. The van der Waals surface area contributed by atoms with Crippen LogP contribution in [0.3, 0.4) is 0 Å². The summed E-state index contributed by atoms with van der Waals surface area (Å²) in [6.07, 6.45) is 0.653. The number of hydrogen-bond acceptors (Lipinski definition) is 3. The summed E-state index contributed by atoms with van der Waals surface area (Å²) in [6, 6.07) is 4.65. The largest absolute Gasteiger partial charge is 0.352 e. The summed E-state index contributed by atoms with van der Waals surface area (Å²) in [7, 11) is 0. The maximum Gasteiger partial charge on any atom is 0.254 e. The average molecular weight is 343 g/mol. The second-order valence-corrected chi connectivity index (χ2v) is 5.79. The first-order valence-electron chi connectivity index (χ1n) is 5.71. The molecule has 2 rings (SSSR count). The molecule has 1 aromatic heterocycles. The molecule has 1 aromatic carbocycles. The lowest BCUT2D eigenvalue weighted by molar-refractivity contribution is 0.0950. The molecule has 1 heterocycles. The van der Waals surface area contributed by atoms with E-state index in [2.05, 4.69) is 26.2 Å². The molecule has 6 heteroatoms. The third kappa shape index (κ3) is 3.61. The van der Waals surface area contributed by atoms with Crippen LogP contribution in [0.1, 0.15) is 21.1 Å². The Balaban J connectivity index is 1.93. The normalized spacial score (nSPS) is 10.5. The van der Waals surface area contributed by atoms with Crippen molar-refractivity contribution in [3.05, 3.63) is 50.1 Å². The summed E-state index contributed by atoms with van der Waals surface area (Å²) in [5.74, 6) is -0.947. The molecular weight excluding hydrogens is 331 g/mol. The molecule has 0 saturated heterocycles. The fourth-order valence-electron chi connectivity index (χ4n) is 1.57. The Morgan fingerprint density at radius 1 is 1.53 bits per heavy atom. The van der Waals surface area contributed by atoms with E-state index in [-0.39, 0.29) is 10.0 Å². The minimum Gasteiger partial charge on any atom is -0.352 e. The van der Waals surface area contributed by atoms with Gasteiger partial charge in [0.2, 0.25) is 0 Å². The smallest absolute Gasteiger partial charge is 0.254 e. The van der Waals surface area contributed by atoms with E-state index in [1.807, 2.05) is 12.3 Å². The molecule has 0 saturated carbocycles. The molecule has 19 heavy (non-hydrogen) atoms. The molecule has 0 radical (unpaired) electrons. The van der Waals surface area contributed by atoms with E-state index in [0.717, 1.165) is 10.7 Å². The van der Waals surface area contributed by atoms with Crippen molar-refractivity contribution in [1.29, 1.82) is 0 Å². The molecular formula is C13H12BrFN2OS. The Labute approximate surface area is 123 Å². The van der Waals surface area contributed by atoms with Gasteiger partial charge in [-0.2, -0.15) is 0 Å². The van der Waals surface area contributed by atoms with E-state index in [4.69, 9.17) is 0 Å². The van der Waals surface area contributed by atoms with Crippen molar-refractivity contribution in [1.82, 2.24) is 10.3 Å². The molecule has 0 fully saturated rings. The number of aryl methyl sites for hydroxylation is 1. The SMILES string of the molecule is Cc1csc(CCNC(=O)c2cccc(Br)c2F)n1. The van der Waals surface area contributed by atoms with Crippen molar-refractivity contribution in [3.8, 4) is 0 Å². The number of nitrogens with zero attached hydrogens (tertiary/aromatic N) is 1. The first-order chi connectivity index (χ1) is 9.08. The summed E-state index contributed by atoms with van der Waals surface area (Å²) in [6.45, 7) is 2.37. The van der Waals surface area contributed by atoms with Gasteiger partial charge in [-0.1, -0.05) is 6.07 Å². The summed E-state index contributed by atoms with van der Waals surface area (Å²) in [5.41, 5.74) is 1.02. The fraction of sp³-hybridized carbons (Fsp3) is 0.231. The van der Waals surface area contributed by atoms with E-state index in [9.17, 15) is 9.18 Å². The van der Waals surface area contributed by atoms with Crippen LogP contribution in [0, 0.1) is 12.7 Å². The highest BCUT2D eigenvalue weighted by molar-refractivity contribution is 9.10. The Morgan fingerprint density at radius 2 is 2.32 bits per heavy atom. The van der Waals surface area contributed by atoms with E-state index < -0.39 is 11.7 Å². The van der Waals surface area contributed by atoms with Gasteiger partial charge in [0.25, 0.3) is 5.91 Å². The third-order valence-electron chi connectivity index (χ3n) is 2.49. The van der Waals surface area contributed by atoms with Crippen LogP contribution in [0.15, 0.2) is 28.1 Å². The van der Waals surface area contributed by atoms with Gasteiger partial charge in [0, 0.05) is 24.0 Å². The zero-order valence-corrected chi connectivity index (χ0v) is 12.6. The van der Waals surface area contributed by atoms with Gasteiger partial charge in [-0.25, -0.2) is 9.37 Å². The van der Waals surface area contributed by atoms with Crippen LogP contribution in [-0.4, -0.2) is 17.4 Å². The molecule has 2 aromatic rings. The number of thiazole rings is 1. The van der Waals surface area contributed by atoms with Crippen LogP contribution in [0.2, 0.25) is 0 Å². The van der Waals surface area contributed by atoms with Gasteiger partial charge in [-0.05, 0) is 35.0 Å². The highest BCUT2D eigenvalue weighted by atomic mass is 79.9. The number of carbonyl (C=O) groups excluding carboxylic acids is 1. The number of carbonyl (C=O) groups is 1.